The van der Waals surface area contributed by atoms with E-state index in [-0.39, 0.29) is 0 Å². The van der Waals surface area contributed by atoms with Crippen molar-refractivity contribution < 1.29 is 4.74 Å². The van der Waals surface area contributed by atoms with Gasteiger partial charge >= 0.3 is 0 Å². The van der Waals surface area contributed by atoms with Crippen LogP contribution >= 0.6 is 11.6 Å². The standard InChI is InChI=1S/C13H19ClN2O/c14-11-1-3-13(4-2-11)17-10-9-16-7-5-12(15)6-8-16/h1-4,12H,5-10,15H2. The maximum Gasteiger partial charge on any atom is 0.119 e. The molecule has 1 aliphatic rings. The number of nitrogens with two attached hydrogens (primary N) is 1. The summed E-state index contributed by atoms with van der Waals surface area (Å²) in [6, 6.07) is 7.87. The van der Waals surface area contributed by atoms with E-state index in [9.17, 15) is 0 Å². The fraction of sp³-hybridized carbons (Fsp3) is 0.538. The number of piperidine rings is 1. The summed E-state index contributed by atoms with van der Waals surface area (Å²) in [7, 11) is 0. The van der Waals surface area contributed by atoms with E-state index < -0.39 is 0 Å². The van der Waals surface area contributed by atoms with Crippen molar-refractivity contribution in [1.29, 1.82) is 0 Å². The van der Waals surface area contributed by atoms with Crippen LogP contribution in [0.2, 0.25) is 5.02 Å². The predicted molar refractivity (Wildman–Crippen MR) is 70.6 cm³/mol. The van der Waals surface area contributed by atoms with Gasteiger partial charge in [-0.05, 0) is 50.2 Å². The zero-order valence-electron chi connectivity index (χ0n) is 9.94. The Hall–Kier alpha value is -0.770. The van der Waals surface area contributed by atoms with E-state index in [0.29, 0.717) is 6.04 Å². The molecule has 1 aromatic carbocycles. The number of likely N-dealkylation sites (tertiary alicyclic amines) is 1. The Morgan fingerprint density at radius 1 is 1.24 bits per heavy atom. The largest absolute Gasteiger partial charge is 0.492 e. The van der Waals surface area contributed by atoms with Crippen LogP contribution in [0.4, 0.5) is 0 Å². The molecule has 0 saturated carbocycles. The number of hydrogen-bond acceptors (Lipinski definition) is 3. The van der Waals surface area contributed by atoms with Crippen molar-refractivity contribution in [3.8, 4) is 5.75 Å². The quantitative estimate of drug-likeness (QED) is 0.895. The van der Waals surface area contributed by atoms with Gasteiger partial charge in [0.2, 0.25) is 0 Å². The lowest BCUT2D eigenvalue weighted by Gasteiger charge is -2.29. The average molecular weight is 255 g/mol. The van der Waals surface area contributed by atoms with E-state index in [2.05, 4.69) is 4.90 Å². The highest BCUT2D eigenvalue weighted by Gasteiger charge is 2.15. The molecule has 2 N–H and O–H groups in total. The van der Waals surface area contributed by atoms with Gasteiger partial charge in [0, 0.05) is 17.6 Å². The Bertz CT molecular complexity index is 334. The molecule has 1 saturated heterocycles. The molecule has 1 heterocycles. The fourth-order valence-electron chi connectivity index (χ4n) is 2.00. The third kappa shape index (κ3) is 4.19. The number of rotatable bonds is 4. The SMILES string of the molecule is NC1CCN(CCOc2ccc(Cl)cc2)CC1. The number of benzene rings is 1. The first kappa shape index (κ1) is 12.7. The smallest absolute Gasteiger partial charge is 0.119 e. The molecule has 1 fully saturated rings. The maximum absolute atomic E-state index is 5.86. The van der Waals surface area contributed by atoms with E-state index in [1.807, 2.05) is 24.3 Å². The van der Waals surface area contributed by atoms with Crippen LogP contribution in [0.3, 0.4) is 0 Å². The van der Waals surface area contributed by atoms with Gasteiger partial charge in [0.1, 0.15) is 12.4 Å². The lowest BCUT2D eigenvalue weighted by atomic mass is 10.1. The minimum atomic E-state index is 0.392. The number of ether oxygens (including phenoxy) is 1. The molecule has 0 amide bonds. The molecule has 0 unspecified atom stereocenters. The summed E-state index contributed by atoms with van der Waals surface area (Å²) in [4.78, 5) is 2.40. The predicted octanol–water partition coefficient (Wildman–Crippen LogP) is 2.14. The molecule has 0 radical (unpaired) electrons. The van der Waals surface area contributed by atoms with E-state index in [4.69, 9.17) is 22.1 Å². The zero-order valence-corrected chi connectivity index (χ0v) is 10.7. The third-order valence-electron chi connectivity index (χ3n) is 3.12. The van der Waals surface area contributed by atoms with Crippen molar-refractivity contribution in [2.45, 2.75) is 18.9 Å². The Morgan fingerprint density at radius 2 is 1.88 bits per heavy atom. The molecule has 0 atom stereocenters. The number of hydrogen-bond donors (Lipinski definition) is 1. The average Bonchev–Trinajstić information content (AvgIpc) is 2.34. The van der Waals surface area contributed by atoms with Gasteiger partial charge in [-0.15, -0.1) is 0 Å². The molecular formula is C13H19ClN2O. The van der Waals surface area contributed by atoms with Gasteiger partial charge in [-0.25, -0.2) is 0 Å². The first-order valence-electron chi connectivity index (χ1n) is 6.10. The highest BCUT2D eigenvalue weighted by Crippen LogP contribution is 2.15. The van der Waals surface area contributed by atoms with Crippen molar-refractivity contribution in [2.24, 2.45) is 5.73 Å². The Balaban J connectivity index is 1.67. The van der Waals surface area contributed by atoms with Crippen molar-refractivity contribution >= 4 is 11.6 Å². The summed E-state index contributed by atoms with van der Waals surface area (Å²) < 4.78 is 5.66. The monoisotopic (exact) mass is 254 g/mol. The number of nitrogens with zero attached hydrogens (tertiary/aromatic N) is 1. The van der Waals surface area contributed by atoms with Crippen LogP contribution in [0.5, 0.6) is 5.75 Å². The molecule has 3 nitrogen and oxygen atoms in total. The van der Waals surface area contributed by atoms with E-state index in [1.165, 1.54) is 0 Å². The van der Waals surface area contributed by atoms with E-state index in [1.54, 1.807) is 0 Å². The van der Waals surface area contributed by atoms with E-state index in [0.717, 1.165) is 49.9 Å². The van der Waals surface area contributed by atoms with Crippen LogP contribution in [0, 0.1) is 0 Å². The molecule has 4 heteroatoms. The van der Waals surface area contributed by atoms with Gasteiger partial charge in [0.05, 0.1) is 0 Å². The minimum absolute atomic E-state index is 0.392. The van der Waals surface area contributed by atoms with Crippen molar-refractivity contribution in [2.75, 3.05) is 26.2 Å². The van der Waals surface area contributed by atoms with E-state index >= 15 is 0 Å². The Morgan fingerprint density at radius 3 is 2.53 bits per heavy atom. The van der Waals surface area contributed by atoms with Gasteiger partial charge in [0.25, 0.3) is 0 Å². The maximum atomic E-state index is 5.86. The van der Waals surface area contributed by atoms with Crippen molar-refractivity contribution in [3.63, 3.8) is 0 Å². The molecule has 17 heavy (non-hydrogen) atoms. The summed E-state index contributed by atoms with van der Waals surface area (Å²) in [5.74, 6) is 0.878. The number of halogens is 1. The van der Waals surface area contributed by atoms with Crippen LogP contribution in [-0.2, 0) is 0 Å². The molecule has 2 rings (SSSR count). The Labute approximate surface area is 107 Å². The lowest BCUT2D eigenvalue weighted by molar-refractivity contribution is 0.174. The highest BCUT2D eigenvalue weighted by atomic mass is 35.5. The molecular weight excluding hydrogens is 236 g/mol. The summed E-state index contributed by atoms with van der Waals surface area (Å²) in [5, 5.41) is 0.738. The second kappa shape index (κ2) is 6.24. The second-order valence-electron chi connectivity index (χ2n) is 4.48. The van der Waals surface area contributed by atoms with Gasteiger partial charge in [-0.2, -0.15) is 0 Å². The molecule has 1 aliphatic heterocycles. The molecule has 0 aliphatic carbocycles. The summed E-state index contributed by atoms with van der Waals surface area (Å²) in [6.07, 6.45) is 2.20. The summed E-state index contributed by atoms with van der Waals surface area (Å²) in [6.45, 7) is 3.86. The van der Waals surface area contributed by atoms with Gasteiger partial charge in [-0.1, -0.05) is 11.6 Å². The van der Waals surface area contributed by atoms with Crippen LogP contribution in [-0.4, -0.2) is 37.2 Å². The van der Waals surface area contributed by atoms with Crippen LogP contribution in [0.25, 0.3) is 0 Å². The zero-order chi connectivity index (χ0) is 12.1. The third-order valence-corrected chi connectivity index (χ3v) is 3.37. The highest BCUT2D eigenvalue weighted by molar-refractivity contribution is 6.30. The normalized spacial score (nSPS) is 18.2. The first-order valence-corrected chi connectivity index (χ1v) is 6.48. The molecule has 0 spiro atoms. The second-order valence-corrected chi connectivity index (χ2v) is 4.92. The summed E-state index contributed by atoms with van der Waals surface area (Å²) in [5.41, 5.74) is 5.86. The topological polar surface area (TPSA) is 38.5 Å². The lowest BCUT2D eigenvalue weighted by Crippen LogP contribution is -2.41. The summed E-state index contributed by atoms with van der Waals surface area (Å²) >= 11 is 5.81. The molecule has 0 bridgehead atoms. The van der Waals surface area contributed by atoms with Gasteiger partial charge in [-0.3, -0.25) is 4.90 Å². The van der Waals surface area contributed by atoms with Crippen LogP contribution in [0.1, 0.15) is 12.8 Å². The molecule has 1 aromatic rings. The van der Waals surface area contributed by atoms with Crippen LogP contribution in [0.15, 0.2) is 24.3 Å². The van der Waals surface area contributed by atoms with Crippen LogP contribution < -0.4 is 10.5 Å². The fourth-order valence-corrected chi connectivity index (χ4v) is 2.13. The van der Waals surface area contributed by atoms with Crippen molar-refractivity contribution in [1.82, 2.24) is 4.90 Å². The first-order chi connectivity index (χ1) is 8.24. The molecule has 94 valence electrons. The van der Waals surface area contributed by atoms with Gasteiger partial charge < -0.3 is 10.5 Å². The minimum Gasteiger partial charge on any atom is -0.492 e. The molecule has 0 aromatic heterocycles. The van der Waals surface area contributed by atoms with Crippen molar-refractivity contribution in [3.05, 3.63) is 29.3 Å². The Kier molecular flexibility index (Phi) is 4.66. The van der Waals surface area contributed by atoms with Gasteiger partial charge in [0.15, 0.2) is 0 Å².